The number of nitrogens with one attached hydrogen (secondary N) is 1. The maximum atomic E-state index is 4.91. The lowest BCUT2D eigenvalue weighted by Gasteiger charge is -2.10. The third kappa shape index (κ3) is 3.14. The van der Waals surface area contributed by atoms with Crippen LogP contribution >= 0.6 is 27.7 Å². The van der Waals surface area contributed by atoms with Gasteiger partial charge in [0.05, 0.1) is 11.4 Å². The molecule has 1 aromatic carbocycles. The van der Waals surface area contributed by atoms with Gasteiger partial charge in [0, 0.05) is 23.0 Å². The van der Waals surface area contributed by atoms with Gasteiger partial charge in [-0.15, -0.1) is 0 Å². The quantitative estimate of drug-likeness (QED) is 0.876. The SMILES string of the molecule is CSCCc1nn(-c2ccccc2Br)c2c1CCCCN2. The zero-order valence-electron chi connectivity index (χ0n) is 12.2. The normalized spacial score (nSPS) is 14.4. The van der Waals surface area contributed by atoms with E-state index in [4.69, 9.17) is 5.10 Å². The lowest BCUT2D eigenvalue weighted by molar-refractivity contribution is 0.765. The summed E-state index contributed by atoms with van der Waals surface area (Å²) in [5, 5.41) is 8.50. The van der Waals surface area contributed by atoms with Gasteiger partial charge in [0.1, 0.15) is 5.82 Å². The molecule has 2 heterocycles. The Kier molecular flexibility index (Phi) is 4.91. The number of thioether (sulfide) groups is 1. The molecule has 1 aliphatic heterocycles. The van der Waals surface area contributed by atoms with Crippen LogP contribution < -0.4 is 5.32 Å². The first kappa shape index (κ1) is 15.0. The van der Waals surface area contributed by atoms with Crippen molar-refractivity contribution < 1.29 is 0 Å². The highest BCUT2D eigenvalue weighted by atomic mass is 79.9. The number of aromatic nitrogens is 2. The maximum Gasteiger partial charge on any atom is 0.133 e. The van der Waals surface area contributed by atoms with Crippen molar-refractivity contribution in [2.24, 2.45) is 0 Å². The smallest absolute Gasteiger partial charge is 0.133 e. The number of anilines is 1. The molecule has 0 saturated heterocycles. The highest BCUT2D eigenvalue weighted by molar-refractivity contribution is 9.10. The van der Waals surface area contributed by atoms with Gasteiger partial charge in [0.15, 0.2) is 0 Å². The molecule has 1 aliphatic rings. The van der Waals surface area contributed by atoms with E-state index in [-0.39, 0.29) is 0 Å². The van der Waals surface area contributed by atoms with E-state index in [0.717, 1.165) is 35.3 Å². The van der Waals surface area contributed by atoms with Gasteiger partial charge in [-0.3, -0.25) is 0 Å². The van der Waals surface area contributed by atoms with Crippen molar-refractivity contribution in [2.45, 2.75) is 25.7 Å². The summed E-state index contributed by atoms with van der Waals surface area (Å²) in [4.78, 5) is 0. The first-order valence-electron chi connectivity index (χ1n) is 7.39. The summed E-state index contributed by atoms with van der Waals surface area (Å²) in [5.41, 5.74) is 3.78. The Morgan fingerprint density at radius 2 is 2.19 bits per heavy atom. The van der Waals surface area contributed by atoms with E-state index in [1.165, 1.54) is 29.9 Å². The monoisotopic (exact) mass is 365 g/mol. The Balaban J connectivity index is 2.08. The Morgan fingerprint density at radius 3 is 3.00 bits per heavy atom. The number of rotatable bonds is 4. The number of hydrogen-bond donors (Lipinski definition) is 1. The molecular formula is C16H20BrN3S. The minimum atomic E-state index is 1.03. The van der Waals surface area contributed by atoms with Crippen LogP contribution in [0.1, 0.15) is 24.1 Å². The lowest BCUT2D eigenvalue weighted by Crippen LogP contribution is -2.07. The van der Waals surface area contributed by atoms with E-state index < -0.39 is 0 Å². The molecule has 0 unspecified atom stereocenters. The van der Waals surface area contributed by atoms with Crippen molar-refractivity contribution in [3.63, 3.8) is 0 Å². The Hall–Kier alpha value is -0.940. The number of hydrogen-bond acceptors (Lipinski definition) is 3. The van der Waals surface area contributed by atoms with E-state index in [1.54, 1.807) is 0 Å². The maximum absolute atomic E-state index is 4.91. The second-order valence-corrected chi connectivity index (χ2v) is 7.10. The Labute approximate surface area is 138 Å². The van der Waals surface area contributed by atoms with E-state index >= 15 is 0 Å². The van der Waals surface area contributed by atoms with Crippen molar-refractivity contribution in [3.8, 4) is 5.69 Å². The summed E-state index contributed by atoms with van der Waals surface area (Å²) in [5.74, 6) is 2.31. The van der Waals surface area contributed by atoms with Crippen molar-refractivity contribution in [3.05, 3.63) is 40.0 Å². The minimum absolute atomic E-state index is 1.03. The molecule has 0 aliphatic carbocycles. The molecule has 0 saturated carbocycles. The molecular weight excluding hydrogens is 346 g/mol. The predicted octanol–water partition coefficient (Wildman–Crippen LogP) is 4.29. The van der Waals surface area contributed by atoms with Gasteiger partial charge in [-0.1, -0.05) is 12.1 Å². The summed E-state index contributed by atoms with van der Waals surface area (Å²) in [6.45, 7) is 1.03. The fourth-order valence-corrected chi connectivity index (χ4v) is 3.62. The second kappa shape index (κ2) is 6.88. The van der Waals surface area contributed by atoms with Crippen LogP contribution in [-0.4, -0.2) is 28.3 Å². The number of benzene rings is 1. The van der Waals surface area contributed by atoms with Crippen molar-refractivity contribution in [1.29, 1.82) is 0 Å². The molecule has 21 heavy (non-hydrogen) atoms. The molecule has 0 amide bonds. The number of aryl methyl sites for hydroxylation is 1. The van der Waals surface area contributed by atoms with E-state index in [1.807, 2.05) is 17.8 Å². The average Bonchev–Trinajstić information content (AvgIpc) is 2.68. The van der Waals surface area contributed by atoms with E-state index in [9.17, 15) is 0 Å². The topological polar surface area (TPSA) is 29.9 Å². The predicted molar refractivity (Wildman–Crippen MR) is 94.8 cm³/mol. The molecule has 5 heteroatoms. The highest BCUT2D eigenvalue weighted by Gasteiger charge is 2.20. The van der Waals surface area contributed by atoms with Crippen LogP contribution in [0.3, 0.4) is 0 Å². The number of nitrogens with zero attached hydrogens (tertiary/aromatic N) is 2. The van der Waals surface area contributed by atoms with Crippen LogP contribution in [0.4, 0.5) is 5.82 Å². The summed E-state index contributed by atoms with van der Waals surface area (Å²) in [6.07, 6.45) is 6.81. The van der Waals surface area contributed by atoms with Gasteiger partial charge in [-0.05, 0) is 59.3 Å². The van der Waals surface area contributed by atoms with Gasteiger partial charge in [0.2, 0.25) is 0 Å². The molecule has 0 fully saturated rings. The van der Waals surface area contributed by atoms with Crippen LogP contribution in [0.2, 0.25) is 0 Å². The molecule has 1 aromatic heterocycles. The van der Waals surface area contributed by atoms with Crippen LogP contribution in [0.25, 0.3) is 5.69 Å². The van der Waals surface area contributed by atoms with E-state index in [0.29, 0.717) is 0 Å². The molecule has 2 aromatic rings. The number of para-hydroxylation sites is 1. The number of halogens is 1. The summed E-state index contributed by atoms with van der Waals surface area (Å²) >= 11 is 5.53. The van der Waals surface area contributed by atoms with Gasteiger partial charge in [-0.2, -0.15) is 16.9 Å². The molecule has 0 bridgehead atoms. The molecule has 0 radical (unpaired) electrons. The fourth-order valence-electron chi connectivity index (χ4n) is 2.77. The Bertz CT molecular complexity index is 624. The minimum Gasteiger partial charge on any atom is -0.370 e. The van der Waals surface area contributed by atoms with Gasteiger partial charge in [0.25, 0.3) is 0 Å². The molecule has 1 N–H and O–H groups in total. The van der Waals surface area contributed by atoms with Crippen LogP contribution in [0.15, 0.2) is 28.7 Å². The van der Waals surface area contributed by atoms with Gasteiger partial charge >= 0.3 is 0 Å². The van der Waals surface area contributed by atoms with Crippen molar-refractivity contribution in [1.82, 2.24) is 9.78 Å². The molecule has 3 nitrogen and oxygen atoms in total. The highest BCUT2D eigenvalue weighted by Crippen LogP contribution is 2.31. The molecule has 3 rings (SSSR count). The van der Waals surface area contributed by atoms with Crippen LogP contribution in [0, 0.1) is 0 Å². The van der Waals surface area contributed by atoms with Crippen LogP contribution in [-0.2, 0) is 12.8 Å². The zero-order chi connectivity index (χ0) is 14.7. The first-order chi connectivity index (χ1) is 10.3. The van der Waals surface area contributed by atoms with Crippen molar-refractivity contribution in [2.75, 3.05) is 23.9 Å². The lowest BCUT2D eigenvalue weighted by atomic mass is 10.1. The van der Waals surface area contributed by atoms with Gasteiger partial charge in [-0.25, -0.2) is 4.68 Å². The summed E-state index contributed by atoms with van der Waals surface area (Å²) in [6, 6.07) is 8.29. The molecule has 0 spiro atoms. The second-order valence-electron chi connectivity index (χ2n) is 5.26. The van der Waals surface area contributed by atoms with Crippen molar-refractivity contribution >= 4 is 33.5 Å². The zero-order valence-corrected chi connectivity index (χ0v) is 14.6. The summed E-state index contributed by atoms with van der Waals surface area (Å²) < 4.78 is 3.16. The fraction of sp³-hybridized carbons (Fsp3) is 0.438. The third-order valence-corrected chi connectivity index (χ3v) is 5.12. The van der Waals surface area contributed by atoms with Crippen LogP contribution in [0.5, 0.6) is 0 Å². The number of fused-ring (bicyclic) bond motifs is 1. The summed E-state index contributed by atoms with van der Waals surface area (Å²) in [7, 11) is 0. The Morgan fingerprint density at radius 1 is 1.33 bits per heavy atom. The third-order valence-electron chi connectivity index (χ3n) is 3.84. The molecule has 112 valence electrons. The first-order valence-corrected chi connectivity index (χ1v) is 9.58. The van der Waals surface area contributed by atoms with E-state index in [2.05, 4.69) is 50.4 Å². The van der Waals surface area contributed by atoms with Gasteiger partial charge < -0.3 is 5.32 Å². The standard InChI is InChI=1S/C16H20BrN3S/c1-21-11-9-14-12-6-4-5-10-18-16(12)20(19-14)15-8-3-2-7-13(15)17/h2-3,7-8,18H,4-6,9-11H2,1H3. The average molecular weight is 366 g/mol. The largest absolute Gasteiger partial charge is 0.370 e. The molecule has 0 atom stereocenters.